The third-order valence-electron chi connectivity index (χ3n) is 2.20. The summed E-state index contributed by atoms with van der Waals surface area (Å²) >= 11 is 1.56. The molecule has 4 nitrogen and oxygen atoms in total. The molecule has 2 aromatic heterocycles. The van der Waals surface area contributed by atoms with Crippen molar-refractivity contribution in [3.05, 3.63) is 34.5 Å². The predicted octanol–water partition coefficient (Wildman–Crippen LogP) is 2.58. The minimum absolute atomic E-state index is 0.0618. The molecule has 84 valence electrons. The van der Waals surface area contributed by atoms with Crippen LogP contribution in [-0.4, -0.2) is 17.8 Å². The molecule has 0 spiro atoms. The molecule has 0 radical (unpaired) electrons. The van der Waals surface area contributed by atoms with Crippen LogP contribution < -0.4 is 4.90 Å². The number of carbonyl (C=O) groups excluding carboxylic acids is 1. The smallest absolute Gasteiger partial charge is 0.196 e. The van der Waals surface area contributed by atoms with Crippen LogP contribution in [0.2, 0.25) is 0 Å². The van der Waals surface area contributed by atoms with Gasteiger partial charge in [0.1, 0.15) is 0 Å². The zero-order chi connectivity index (χ0) is 11.5. The first-order valence-corrected chi connectivity index (χ1v) is 5.80. The summed E-state index contributed by atoms with van der Waals surface area (Å²) in [6.45, 7) is 2.16. The minimum Gasteiger partial charge on any atom is -0.437 e. The maximum absolute atomic E-state index is 11.1. The molecule has 0 aromatic carbocycles. The largest absolute Gasteiger partial charge is 0.437 e. The van der Waals surface area contributed by atoms with E-state index in [4.69, 9.17) is 4.42 Å². The van der Waals surface area contributed by atoms with Crippen LogP contribution in [0.25, 0.3) is 0 Å². The summed E-state index contributed by atoms with van der Waals surface area (Å²) in [7, 11) is 1.90. The first kappa shape index (κ1) is 10.9. The normalized spacial score (nSPS) is 10.4. The van der Waals surface area contributed by atoms with E-state index in [0.29, 0.717) is 18.2 Å². The predicted molar refractivity (Wildman–Crippen MR) is 62.9 cm³/mol. The highest BCUT2D eigenvalue weighted by atomic mass is 32.1. The zero-order valence-corrected chi connectivity index (χ0v) is 9.95. The number of furan rings is 1. The van der Waals surface area contributed by atoms with Gasteiger partial charge in [-0.05, 0) is 6.07 Å². The summed E-state index contributed by atoms with van der Waals surface area (Å²) in [6.07, 6.45) is 0. The number of Topliss-reactive ketones (excluding diaryl/α,β-unsaturated/α-hetero) is 1. The molecule has 0 saturated carbocycles. The van der Waals surface area contributed by atoms with Gasteiger partial charge < -0.3 is 9.32 Å². The topological polar surface area (TPSA) is 46.3 Å². The van der Waals surface area contributed by atoms with Gasteiger partial charge in [-0.15, -0.1) is 11.3 Å². The summed E-state index contributed by atoms with van der Waals surface area (Å²) in [5.74, 6) is 1.01. The lowest BCUT2D eigenvalue weighted by Crippen LogP contribution is -2.15. The molecule has 5 heteroatoms. The fourth-order valence-electron chi connectivity index (χ4n) is 1.36. The van der Waals surface area contributed by atoms with E-state index >= 15 is 0 Å². The number of anilines is 1. The van der Waals surface area contributed by atoms with Gasteiger partial charge in [0.05, 0.1) is 17.7 Å². The molecule has 0 atom stereocenters. The highest BCUT2D eigenvalue weighted by Crippen LogP contribution is 2.19. The minimum atomic E-state index is -0.0618. The van der Waals surface area contributed by atoms with Gasteiger partial charge in [-0.1, -0.05) is 0 Å². The maximum Gasteiger partial charge on any atom is 0.196 e. The van der Waals surface area contributed by atoms with Crippen LogP contribution >= 0.6 is 11.3 Å². The van der Waals surface area contributed by atoms with Crippen molar-refractivity contribution < 1.29 is 9.21 Å². The molecule has 0 N–H and O–H groups in total. The SMILES string of the molecule is CC(=O)c1ccc(N(C)Cc2cscn2)o1. The third-order valence-corrected chi connectivity index (χ3v) is 2.83. The standard InChI is InChI=1S/C11H12N2O2S/c1-8(14)10-3-4-11(15-10)13(2)5-9-6-16-7-12-9/h3-4,6-7H,5H2,1-2H3. The molecule has 0 fully saturated rings. The number of thiazole rings is 1. The number of rotatable bonds is 4. The van der Waals surface area contributed by atoms with Crippen molar-refractivity contribution in [2.75, 3.05) is 11.9 Å². The molecule has 2 heterocycles. The Kier molecular flexibility index (Phi) is 3.05. The van der Waals surface area contributed by atoms with Gasteiger partial charge in [-0.2, -0.15) is 0 Å². The van der Waals surface area contributed by atoms with Crippen LogP contribution in [0.15, 0.2) is 27.4 Å². The van der Waals surface area contributed by atoms with Crippen LogP contribution in [0.3, 0.4) is 0 Å². The Bertz CT molecular complexity index is 476. The summed E-state index contributed by atoms with van der Waals surface area (Å²) < 4.78 is 5.41. The molecule has 0 aliphatic heterocycles. The lowest BCUT2D eigenvalue weighted by atomic mass is 10.3. The summed E-state index contributed by atoms with van der Waals surface area (Å²) in [6, 6.07) is 3.48. The molecular weight excluding hydrogens is 224 g/mol. The highest BCUT2D eigenvalue weighted by Gasteiger charge is 2.10. The van der Waals surface area contributed by atoms with Crippen molar-refractivity contribution in [1.29, 1.82) is 0 Å². The molecule has 0 bridgehead atoms. The Labute approximate surface area is 97.5 Å². The van der Waals surface area contributed by atoms with Gasteiger partial charge >= 0.3 is 0 Å². The first-order valence-electron chi connectivity index (χ1n) is 4.86. The van der Waals surface area contributed by atoms with E-state index in [2.05, 4.69) is 4.98 Å². The van der Waals surface area contributed by atoms with E-state index in [9.17, 15) is 4.79 Å². The van der Waals surface area contributed by atoms with Crippen LogP contribution in [0, 0.1) is 0 Å². The van der Waals surface area contributed by atoms with E-state index in [1.165, 1.54) is 6.92 Å². The van der Waals surface area contributed by atoms with Crippen LogP contribution in [0.5, 0.6) is 0 Å². The first-order chi connectivity index (χ1) is 7.66. The Balaban J connectivity index is 2.08. The Hall–Kier alpha value is -1.62. The second-order valence-corrected chi connectivity index (χ2v) is 4.25. The number of carbonyl (C=O) groups is 1. The van der Waals surface area contributed by atoms with E-state index in [1.54, 1.807) is 29.0 Å². The van der Waals surface area contributed by atoms with Gasteiger partial charge in [0.15, 0.2) is 17.4 Å². The molecule has 2 aromatic rings. The van der Waals surface area contributed by atoms with Gasteiger partial charge in [-0.25, -0.2) is 4.98 Å². The van der Waals surface area contributed by atoms with E-state index in [0.717, 1.165) is 5.69 Å². The van der Waals surface area contributed by atoms with Crippen molar-refractivity contribution in [3.63, 3.8) is 0 Å². The van der Waals surface area contributed by atoms with Gasteiger partial charge in [0, 0.05) is 25.4 Å². The Morgan fingerprint density at radius 2 is 2.38 bits per heavy atom. The lowest BCUT2D eigenvalue weighted by molar-refractivity contribution is 0.0988. The van der Waals surface area contributed by atoms with Gasteiger partial charge in [0.2, 0.25) is 0 Å². The quantitative estimate of drug-likeness (QED) is 0.765. The van der Waals surface area contributed by atoms with E-state index in [1.807, 2.05) is 17.3 Å². The average molecular weight is 236 g/mol. The van der Waals surface area contributed by atoms with Crippen LogP contribution in [0.4, 0.5) is 5.88 Å². The van der Waals surface area contributed by atoms with Gasteiger partial charge in [-0.3, -0.25) is 4.79 Å². The number of hydrogen-bond donors (Lipinski definition) is 0. The maximum atomic E-state index is 11.1. The number of hydrogen-bond acceptors (Lipinski definition) is 5. The zero-order valence-electron chi connectivity index (χ0n) is 9.14. The number of ketones is 1. The summed E-state index contributed by atoms with van der Waals surface area (Å²) in [5, 5.41) is 1.99. The molecule has 0 amide bonds. The Morgan fingerprint density at radius 3 is 2.94 bits per heavy atom. The van der Waals surface area contributed by atoms with Crippen molar-refractivity contribution in [2.45, 2.75) is 13.5 Å². The van der Waals surface area contributed by atoms with Gasteiger partial charge in [0.25, 0.3) is 0 Å². The van der Waals surface area contributed by atoms with Crippen LogP contribution in [0.1, 0.15) is 23.2 Å². The summed E-state index contributed by atoms with van der Waals surface area (Å²) in [4.78, 5) is 17.2. The fraction of sp³-hybridized carbons (Fsp3) is 0.273. The van der Waals surface area contributed by atoms with E-state index < -0.39 is 0 Å². The molecule has 0 aliphatic rings. The van der Waals surface area contributed by atoms with E-state index in [-0.39, 0.29) is 5.78 Å². The highest BCUT2D eigenvalue weighted by molar-refractivity contribution is 7.07. The molecule has 0 aliphatic carbocycles. The number of aromatic nitrogens is 1. The van der Waals surface area contributed by atoms with Crippen molar-refractivity contribution in [2.24, 2.45) is 0 Å². The molecule has 0 unspecified atom stereocenters. The van der Waals surface area contributed by atoms with Crippen molar-refractivity contribution in [3.8, 4) is 0 Å². The molecule has 2 rings (SSSR count). The Morgan fingerprint density at radius 1 is 1.56 bits per heavy atom. The third kappa shape index (κ3) is 2.30. The number of nitrogens with zero attached hydrogens (tertiary/aromatic N) is 2. The molecule has 0 saturated heterocycles. The van der Waals surface area contributed by atoms with Crippen molar-refractivity contribution >= 4 is 23.0 Å². The molecule has 16 heavy (non-hydrogen) atoms. The summed E-state index contributed by atoms with van der Waals surface area (Å²) in [5.41, 5.74) is 2.79. The fourth-order valence-corrected chi connectivity index (χ4v) is 1.91. The second-order valence-electron chi connectivity index (χ2n) is 3.53. The lowest BCUT2D eigenvalue weighted by Gasteiger charge is -2.13. The second kappa shape index (κ2) is 4.49. The van der Waals surface area contributed by atoms with Crippen molar-refractivity contribution in [1.82, 2.24) is 4.98 Å². The monoisotopic (exact) mass is 236 g/mol. The molecular formula is C11H12N2O2S. The van der Waals surface area contributed by atoms with Crippen LogP contribution in [-0.2, 0) is 6.54 Å². The average Bonchev–Trinajstić information content (AvgIpc) is 2.86.